The molecule has 37 heavy (non-hydrogen) atoms. The van der Waals surface area contributed by atoms with Crippen molar-refractivity contribution in [1.82, 2.24) is 25.1 Å². The van der Waals surface area contributed by atoms with E-state index < -0.39 is 30.0 Å². The van der Waals surface area contributed by atoms with Gasteiger partial charge in [0.25, 0.3) is 5.91 Å². The third kappa shape index (κ3) is 6.00. The largest absolute Gasteiger partial charge is 0.493 e. The van der Waals surface area contributed by atoms with E-state index in [9.17, 15) is 18.0 Å². The second kappa shape index (κ2) is 11.0. The first-order valence-corrected chi connectivity index (χ1v) is 10.9. The molecule has 1 amide bonds. The zero-order valence-electron chi connectivity index (χ0n) is 19.8. The predicted octanol–water partition coefficient (Wildman–Crippen LogP) is 3.40. The minimum absolute atomic E-state index is 0.0528. The fourth-order valence-electron chi connectivity index (χ4n) is 3.37. The standard InChI is InChI=1S/C24H22F3N5O5/c1-34-18-8-7-15(13-19(18)35-2)23-30-29-20-9-10-22(31-32(20)23)36-12-11-28-21(33)14-37-17-6-4-3-5-16(17)24(25,26)27/h3-10,13H,11-12,14H2,1-2H3,(H,28,33). The van der Waals surface area contributed by atoms with Crippen LogP contribution in [-0.4, -0.2) is 59.7 Å². The molecule has 0 aliphatic carbocycles. The number of nitrogens with zero attached hydrogens (tertiary/aromatic N) is 4. The lowest BCUT2D eigenvalue weighted by Gasteiger charge is -2.13. The van der Waals surface area contributed by atoms with Crippen LogP contribution in [0.25, 0.3) is 17.0 Å². The Labute approximate surface area is 208 Å². The number of carbonyl (C=O) groups is 1. The normalized spacial score (nSPS) is 11.3. The molecule has 0 spiro atoms. The van der Waals surface area contributed by atoms with Crippen LogP contribution in [0, 0.1) is 0 Å². The zero-order chi connectivity index (χ0) is 26.4. The van der Waals surface area contributed by atoms with Gasteiger partial charge in [0.05, 0.1) is 26.3 Å². The second-order valence-corrected chi connectivity index (χ2v) is 7.52. The maximum absolute atomic E-state index is 13.0. The number of halogens is 3. The van der Waals surface area contributed by atoms with E-state index in [0.29, 0.717) is 28.5 Å². The van der Waals surface area contributed by atoms with Gasteiger partial charge in [0.15, 0.2) is 29.6 Å². The number of nitrogens with one attached hydrogen (secondary N) is 1. The molecule has 194 valence electrons. The maximum Gasteiger partial charge on any atom is 0.419 e. The molecule has 0 unspecified atom stereocenters. The highest BCUT2D eigenvalue weighted by Gasteiger charge is 2.34. The summed E-state index contributed by atoms with van der Waals surface area (Å²) in [5.74, 6) is 0.765. The van der Waals surface area contributed by atoms with Crippen LogP contribution in [0.4, 0.5) is 13.2 Å². The molecule has 4 aromatic rings. The molecule has 10 nitrogen and oxygen atoms in total. The highest BCUT2D eigenvalue weighted by Crippen LogP contribution is 2.36. The Bertz CT molecular complexity index is 1390. The van der Waals surface area contributed by atoms with Gasteiger partial charge in [0.2, 0.25) is 5.88 Å². The summed E-state index contributed by atoms with van der Waals surface area (Å²) < 4.78 is 61.8. The molecule has 0 aliphatic rings. The Hall–Kier alpha value is -4.55. The number of benzene rings is 2. The summed E-state index contributed by atoms with van der Waals surface area (Å²) in [5, 5.41) is 15.2. The highest BCUT2D eigenvalue weighted by atomic mass is 19.4. The molecule has 0 bridgehead atoms. The van der Waals surface area contributed by atoms with Crippen molar-refractivity contribution in [1.29, 1.82) is 0 Å². The lowest BCUT2D eigenvalue weighted by atomic mass is 10.2. The topological polar surface area (TPSA) is 109 Å². The highest BCUT2D eigenvalue weighted by molar-refractivity contribution is 5.77. The number of rotatable bonds is 10. The summed E-state index contributed by atoms with van der Waals surface area (Å²) in [5.41, 5.74) is 0.227. The van der Waals surface area contributed by atoms with Gasteiger partial charge in [0, 0.05) is 11.6 Å². The van der Waals surface area contributed by atoms with E-state index in [1.54, 1.807) is 30.3 Å². The van der Waals surface area contributed by atoms with Gasteiger partial charge in [-0.3, -0.25) is 4.79 Å². The monoisotopic (exact) mass is 517 g/mol. The molecule has 1 N–H and O–H groups in total. The van der Waals surface area contributed by atoms with Crippen LogP contribution in [0.15, 0.2) is 54.6 Å². The molecule has 0 fully saturated rings. The number of hydrogen-bond donors (Lipinski definition) is 1. The molecular weight excluding hydrogens is 495 g/mol. The molecule has 2 aromatic heterocycles. The third-order valence-electron chi connectivity index (χ3n) is 5.11. The molecule has 0 radical (unpaired) electrons. The molecule has 4 rings (SSSR count). The predicted molar refractivity (Wildman–Crippen MR) is 125 cm³/mol. The fraction of sp³-hybridized carbons (Fsp3) is 0.250. The minimum atomic E-state index is -4.58. The summed E-state index contributed by atoms with van der Waals surface area (Å²) >= 11 is 0. The molecule has 0 saturated heterocycles. The first-order valence-electron chi connectivity index (χ1n) is 10.9. The molecule has 0 atom stereocenters. The third-order valence-corrected chi connectivity index (χ3v) is 5.11. The van der Waals surface area contributed by atoms with Crippen molar-refractivity contribution >= 4 is 11.6 Å². The number of ether oxygens (including phenoxy) is 4. The Balaban J connectivity index is 1.33. The first-order chi connectivity index (χ1) is 17.8. The summed E-state index contributed by atoms with van der Waals surface area (Å²) in [7, 11) is 3.07. The Morgan fingerprint density at radius 3 is 2.49 bits per heavy atom. The van der Waals surface area contributed by atoms with E-state index in [2.05, 4.69) is 20.6 Å². The van der Waals surface area contributed by atoms with Crippen LogP contribution < -0.4 is 24.3 Å². The number of aromatic nitrogens is 4. The van der Waals surface area contributed by atoms with Gasteiger partial charge < -0.3 is 24.3 Å². The first kappa shape index (κ1) is 25.5. The molecule has 0 aliphatic heterocycles. The van der Waals surface area contributed by atoms with Crippen LogP contribution >= 0.6 is 0 Å². The number of fused-ring (bicyclic) bond motifs is 1. The Kier molecular flexibility index (Phi) is 7.60. The molecule has 2 aromatic carbocycles. The van der Waals surface area contributed by atoms with E-state index >= 15 is 0 Å². The fourth-order valence-corrected chi connectivity index (χ4v) is 3.37. The lowest BCUT2D eigenvalue weighted by Crippen LogP contribution is -2.32. The van der Waals surface area contributed by atoms with Crippen molar-refractivity contribution in [2.45, 2.75) is 6.18 Å². The van der Waals surface area contributed by atoms with E-state index in [-0.39, 0.29) is 19.0 Å². The lowest BCUT2D eigenvalue weighted by molar-refractivity contribution is -0.139. The van der Waals surface area contributed by atoms with Crippen molar-refractivity contribution in [2.24, 2.45) is 0 Å². The number of amides is 1. The Morgan fingerprint density at radius 2 is 1.73 bits per heavy atom. The zero-order valence-corrected chi connectivity index (χ0v) is 19.8. The number of alkyl halides is 3. The van der Waals surface area contributed by atoms with Gasteiger partial charge in [0.1, 0.15) is 12.4 Å². The quantitative estimate of drug-likeness (QED) is 0.319. The summed E-state index contributed by atoms with van der Waals surface area (Å²) in [6.45, 7) is -0.447. The van der Waals surface area contributed by atoms with Gasteiger partial charge in [-0.15, -0.1) is 15.3 Å². The molecule has 2 heterocycles. The van der Waals surface area contributed by atoms with Crippen LogP contribution in [0.2, 0.25) is 0 Å². The number of carbonyl (C=O) groups excluding carboxylic acids is 1. The van der Waals surface area contributed by atoms with E-state index in [1.165, 1.54) is 30.9 Å². The van der Waals surface area contributed by atoms with Gasteiger partial charge in [-0.05, 0) is 36.4 Å². The van der Waals surface area contributed by atoms with E-state index in [0.717, 1.165) is 12.1 Å². The number of hydrogen-bond acceptors (Lipinski definition) is 8. The van der Waals surface area contributed by atoms with Crippen molar-refractivity contribution < 1.29 is 36.9 Å². The van der Waals surface area contributed by atoms with Crippen molar-refractivity contribution in [3.05, 3.63) is 60.2 Å². The van der Waals surface area contributed by atoms with Crippen molar-refractivity contribution in [2.75, 3.05) is 34.0 Å². The summed E-state index contributed by atoms with van der Waals surface area (Å²) in [6, 6.07) is 13.2. The number of para-hydroxylation sites is 1. The SMILES string of the molecule is COc1ccc(-c2nnc3ccc(OCCNC(=O)COc4ccccc4C(F)(F)F)nn23)cc1OC. The minimum Gasteiger partial charge on any atom is -0.493 e. The Morgan fingerprint density at radius 1 is 0.946 bits per heavy atom. The average molecular weight is 517 g/mol. The van der Waals surface area contributed by atoms with Crippen LogP contribution in [-0.2, 0) is 11.0 Å². The van der Waals surface area contributed by atoms with Crippen molar-refractivity contribution in [3.63, 3.8) is 0 Å². The van der Waals surface area contributed by atoms with Gasteiger partial charge >= 0.3 is 6.18 Å². The van der Waals surface area contributed by atoms with Gasteiger partial charge in [-0.2, -0.15) is 17.7 Å². The number of methoxy groups -OCH3 is 2. The summed E-state index contributed by atoms with van der Waals surface area (Å²) in [4.78, 5) is 12.0. The van der Waals surface area contributed by atoms with Crippen LogP contribution in [0.3, 0.4) is 0 Å². The van der Waals surface area contributed by atoms with Gasteiger partial charge in [-0.1, -0.05) is 12.1 Å². The molecular formula is C24H22F3N5O5. The second-order valence-electron chi connectivity index (χ2n) is 7.52. The summed E-state index contributed by atoms with van der Waals surface area (Å²) in [6.07, 6.45) is -4.58. The molecule has 13 heteroatoms. The molecule has 0 saturated carbocycles. The maximum atomic E-state index is 13.0. The average Bonchev–Trinajstić information content (AvgIpc) is 3.32. The van der Waals surface area contributed by atoms with E-state index in [4.69, 9.17) is 18.9 Å². The smallest absolute Gasteiger partial charge is 0.419 e. The van der Waals surface area contributed by atoms with E-state index in [1.807, 2.05) is 0 Å². The van der Waals surface area contributed by atoms with Gasteiger partial charge in [-0.25, -0.2) is 0 Å². The van der Waals surface area contributed by atoms with Crippen LogP contribution in [0.1, 0.15) is 5.56 Å². The van der Waals surface area contributed by atoms with Crippen LogP contribution in [0.5, 0.6) is 23.1 Å². The van der Waals surface area contributed by atoms with Crippen molar-refractivity contribution in [3.8, 4) is 34.5 Å².